The molecule has 1 aliphatic heterocycles. The van der Waals surface area contributed by atoms with Gasteiger partial charge in [0, 0.05) is 17.1 Å². The Kier molecular flexibility index (Phi) is 6.74. The standard InChI is InChI=1S/C21H27ClN2O/c1-16-4-2-3-5-18(16)15-25-21-7-6-20(22)12-19(21)14-24-13-17-8-10-23-11-9-17/h2-7,12,17,23-24H,8-11,13-15H2,1H3. The van der Waals surface area contributed by atoms with E-state index < -0.39 is 0 Å². The zero-order chi connectivity index (χ0) is 17.5. The lowest BCUT2D eigenvalue weighted by Crippen LogP contribution is -2.33. The van der Waals surface area contributed by atoms with Gasteiger partial charge in [-0.15, -0.1) is 0 Å². The van der Waals surface area contributed by atoms with Crippen molar-refractivity contribution in [2.45, 2.75) is 32.9 Å². The number of benzene rings is 2. The van der Waals surface area contributed by atoms with E-state index in [4.69, 9.17) is 16.3 Å². The summed E-state index contributed by atoms with van der Waals surface area (Å²) in [6, 6.07) is 14.2. The zero-order valence-corrected chi connectivity index (χ0v) is 15.6. The number of rotatable bonds is 7. The van der Waals surface area contributed by atoms with E-state index in [1.807, 2.05) is 18.2 Å². The number of halogens is 1. The fraction of sp³-hybridized carbons (Fsp3) is 0.429. The van der Waals surface area contributed by atoms with Crippen molar-refractivity contribution in [2.75, 3.05) is 19.6 Å². The Bertz CT molecular complexity index is 683. The first-order chi connectivity index (χ1) is 12.2. The van der Waals surface area contributed by atoms with Gasteiger partial charge in [0.15, 0.2) is 0 Å². The summed E-state index contributed by atoms with van der Waals surface area (Å²) in [6.45, 7) is 6.79. The van der Waals surface area contributed by atoms with Gasteiger partial charge >= 0.3 is 0 Å². The van der Waals surface area contributed by atoms with E-state index in [1.54, 1.807) is 0 Å². The van der Waals surface area contributed by atoms with Crippen LogP contribution < -0.4 is 15.4 Å². The van der Waals surface area contributed by atoms with Crippen LogP contribution in [0, 0.1) is 12.8 Å². The molecule has 0 bridgehead atoms. The first-order valence-corrected chi connectivity index (χ1v) is 9.47. The highest BCUT2D eigenvalue weighted by Gasteiger charge is 2.13. The van der Waals surface area contributed by atoms with Crippen LogP contribution >= 0.6 is 11.6 Å². The molecule has 0 atom stereocenters. The van der Waals surface area contributed by atoms with Crippen LogP contribution in [-0.4, -0.2) is 19.6 Å². The SMILES string of the molecule is Cc1ccccc1COc1ccc(Cl)cc1CNCC1CCNCC1. The molecule has 25 heavy (non-hydrogen) atoms. The van der Waals surface area contributed by atoms with Crippen molar-refractivity contribution >= 4 is 11.6 Å². The minimum absolute atomic E-state index is 0.579. The van der Waals surface area contributed by atoms with Gasteiger partial charge in [-0.3, -0.25) is 0 Å². The minimum Gasteiger partial charge on any atom is -0.489 e. The third-order valence-corrected chi connectivity index (χ3v) is 5.11. The molecule has 1 heterocycles. The molecule has 2 aromatic rings. The molecule has 3 nitrogen and oxygen atoms in total. The fourth-order valence-electron chi connectivity index (χ4n) is 3.25. The molecule has 1 aliphatic rings. The molecule has 1 saturated heterocycles. The molecule has 4 heteroatoms. The second-order valence-corrected chi connectivity index (χ2v) is 7.23. The number of aryl methyl sites for hydroxylation is 1. The highest BCUT2D eigenvalue weighted by molar-refractivity contribution is 6.30. The molecule has 0 aliphatic carbocycles. The lowest BCUT2D eigenvalue weighted by atomic mass is 9.98. The highest BCUT2D eigenvalue weighted by atomic mass is 35.5. The first-order valence-electron chi connectivity index (χ1n) is 9.09. The lowest BCUT2D eigenvalue weighted by Gasteiger charge is -2.23. The third kappa shape index (κ3) is 5.46. The Balaban J connectivity index is 1.58. The largest absolute Gasteiger partial charge is 0.489 e. The fourth-order valence-corrected chi connectivity index (χ4v) is 3.45. The summed E-state index contributed by atoms with van der Waals surface area (Å²) in [4.78, 5) is 0. The van der Waals surface area contributed by atoms with Gasteiger partial charge in [0.1, 0.15) is 12.4 Å². The Morgan fingerprint density at radius 2 is 1.92 bits per heavy atom. The molecule has 0 aromatic heterocycles. The quantitative estimate of drug-likeness (QED) is 0.773. The van der Waals surface area contributed by atoms with Crippen LogP contribution in [0.3, 0.4) is 0 Å². The predicted molar refractivity (Wildman–Crippen MR) is 104 cm³/mol. The van der Waals surface area contributed by atoms with E-state index >= 15 is 0 Å². The third-order valence-electron chi connectivity index (χ3n) is 4.87. The maximum Gasteiger partial charge on any atom is 0.124 e. The van der Waals surface area contributed by atoms with E-state index in [0.29, 0.717) is 6.61 Å². The summed E-state index contributed by atoms with van der Waals surface area (Å²) in [5, 5.41) is 7.74. The van der Waals surface area contributed by atoms with Gasteiger partial charge in [0.2, 0.25) is 0 Å². The smallest absolute Gasteiger partial charge is 0.124 e. The molecule has 0 spiro atoms. The predicted octanol–water partition coefficient (Wildman–Crippen LogP) is 4.32. The summed E-state index contributed by atoms with van der Waals surface area (Å²) in [6.07, 6.45) is 2.50. The highest BCUT2D eigenvalue weighted by Crippen LogP contribution is 2.24. The molecule has 2 N–H and O–H groups in total. The van der Waals surface area contributed by atoms with Gasteiger partial charge in [-0.2, -0.15) is 0 Å². The van der Waals surface area contributed by atoms with Gasteiger partial charge in [0.05, 0.1) is 0 Å². The van der Waals surface area contributed by atoms with Crippen LogP contribution in [0.1, 0.15) is 29.5 Å². The minimum atomic E-state index is 0.579. The molecule has 1 fully saturated rings. The average Bonchev–Trinajstić information content (AvgIpc) is 2.63. The summed E-state index contributed by atoms with van der Waals surface area (Å²) < 4.78 is 6.09. The van der Waals surface area contributed by atoms with Crippen molar-refractivity contribution in [3.8, 4) is 5.75 Å². The Morgan fingerprint density at radius 1 is 1.12 bits per heavy atom. The number of nitrogens with one attached hydrogen (secondary N) is 2. The van der Waals surface area contributed by atoms with Crippen molar-refractivity contribution in [1.82, 2.24) is 10.6 Å². The van der Waals surface area contributed by atoms with Crippen molar-refractivity contribution in [3.63, 3.8) is 0 Å². The van der Waals surface area contributed by atoms with E-state index in [9.17, 15) is 0 Å². The van der Waals surface area contributed by atoms with Crippen molar-refractivity contribution < 1.29 is 4.74 Å². The van der Waals surface area contributed by atoms with Crippen molar-refractivity contribution in [3.05, 3.63) is 64.2 Å². The van der Waals surface area contributed by atoms with Gasteiger partial charge in [-0.1, -0.05) is 35.9 Å². The molecule has 134 valence electrons. The van der Waals surface area contributed by atoms with Crippen molar-refractivity contribution in [2.24, 2.45) is 5.92 Å². The van der Waals surface area contributed by atoms with E-state index in [1.165, 1.54) is 24.0 Å². The van der Waals surface area contributed by atoms with Gasteiger partial charge in [-0.05, 0) is 74.6 Å². The maximum atomic E-state index is 6.20. The monoisotopic (exact) mass is 358 g/mol. The Labute approximate surface area is 155 Å². The zero-order valence-electron chi connectivity index (χ0n) is 14.9. The van der Waals surface area contributed by atoms with E-state index in [-0.39, 0.29) is 0 Å². The summed E-state index contributed by atoms with van der Waals surface area (Å²) in [5.74, 6) is 1.67. The van der Waals surface area contributed by atoms with Crippen LogP contribution in [-0.2, 0) is 13.2 Å². The summed E-state index contributed by atoms with van der Waals surface area (Å²) >= 11 is 6.20. The molecule has 2 aromatic carbocycles. The molecule has 0 saturated carbocycles. The number of ether oxygens (including phenoxy) is 1. The molecule has 3 rings (SSSR count). The van der Waals surface area contributed by atoms with Gasteiger partial charge < -0.3 is 15.4 Å². The topological polar surface area (TPSA) is 33.3 Å². The Hall–Kier alpha value is -1.55. The van der Waals surface area contributed by atoms with E-state index in [0.717, 1.165) is 48.4 Å². The first kappa shape index (κ1) is 18.2. The normalized spacial score (nSPS) is 15.3. The number of hydrogen-bond acceptors (Lipinski definition) is 3. The average molecular weight is 359 g/mol. The lowest BCUT2D eigenvalue weighted by molar-refractivity contribution is 0.300. The molecular formula is C21H27ClN2O. The second kappa shape index (κ2) is 9.23. The van der Waals surface area contributed by atoms with E-state index in [2.05, 4.69) is 41.8 Å². The molecular weight excluding hydrogens is 332 g/mol. The van der Waals surface area contributed by atoms with Gasteiger partial charge in [-0.25, -0.2) is 0 Å². The van der Waals surface area contributed by atoms with Crippen LogP contribution in [0.5, 0.6) is 5.75 Å². The second-order valence-electron chi connectivity index (χ2n) is 6.79. The van der Waals surface area contributed by atoms with Gasteiger partial charge in [0.25, 0.3) is 0 Å². The number of piperidine rings is 1. The van der Waals surface area contributed by atoms with Crippen molar-refractivity contribution in [1.29, 1.82) is 0 Å². The summed E-state index contributed by atoms with van der Waals surface area (Å²) in [5.41, 5.74) is 3.59. The summed E-state index contributed by atoms with van der Waals surface area (Å²) in [7, 11) is 0. The van der Waals surface area contributed by atoms with Crippen LogP contribution in [0.4, 0.5) is 0 Å². The molecule has 0 radical (unpaired) electrons. The van der Waals surface area contributed by atoms with Crippen LogP contribution in [0.25, 0.3) is 0 Å². The molecule has 0 amide bonds. The van der Waals surface area contributed by atoms with Crippen LogP contribution in [0.2, 0.25) is 5.02 Å². The van der Waals surface area contributed by atoms with Crippen LogP contribution in [0.15, 0.2) is 42.5 Å². The molecule has 0 unspecified atom stereocenters. The Morgan fingerprint density at radius 3 is 2.72 bits per heavy atom. The number of hydrogen-bond donors (Lipinski definition) is 2. The maximum absolute atomic E-state index is 6.20.